The van der Waals surface area contributed by atoms with Gasteiger partial charge in [0, 0.05) is 23.6 Å². The van der Waals surface area contributed by atoms with E-state index in [0.717, 1.165) is 30.7 Å². The number of aromatic nitrogens is 2. The Bertz CT molecular complexity index is 944. The summed E-state index contributed by atoms with van der Waals surface area (Å²) in [5.74, 6) is 0.643. The lowest BCUT2D eigenvalue weighted by Crippen LogP contribution is -2.31. The summed E-state index contributed by atoms with van der Waals surface area (Å²) >= 11 is 6.11. The van der Waals surface area contributed by atoms with Crippen molar-refractivity contribution in [3.63, 3.8) is 0 Å². The molecule has 156 valence electrons. The number of piperidine rings is 1. The summed E-state index contributed by atoms with van der Waals surface area (Å²) in [4.78, 5) is 15.2. The molecule has 7 nitrogen and oxygen atoms in total. The molecule has 0 spiro atoms. The highest BCUT2D eigenvalue weighted by molar-refractivity contribution is 6.31. The molecule has 0 radical (unpaired) electrons. The van der Waals surface area contributed by atoms with Crippen LogP contribution in [-0.2, 0) is 6.54 Å². The summed E-state index contributed by atoms with van der Waals surface area (Å²) in [5, 5.41) is 15.3. The van der Waals surface area contributed by atoms with Gasteiger partial charge in [-0.2, -0.15) is 9.78 Å². The van der Waals surface area contributed by atoms with Crippen molar-refractivity contribution in [3.05, 3.63) is 45.5 Å². The van der Waals surface area contributed by atoms with Gasteiger partial charge in [0.1, 0.15) is 5.75 Å². The smallest absolute Gasteiger partial charge is 0.351 e. The Kier molecular flexibility index (Phi) is 6.25. The lowest BCUT2D eigenvalue weighted by atomic mass is 10.0. The van der Waals surface area contributed by atoms with Crippen LogP contribution in [0.3, 0.4) is 0 Å². The Balaban J connectivity index is 1.44. The minimum absolute atomic E-state index is 0.0595. The Hall–Kier alpha value is -2.25. The largest absolute Gasteiger partial charge is 0.493 e. The molecule has 2 aliphatic heterocycles. The monoisotopic (exact) mass is 418 g/mol. The van der Waals surface area contributed by atoms with Gasteiger partial charge >= 0.3 is 5.69 Å². The van der Waals surface area contributed by atoms with Crippen LogP contribution in [0.1, 0.15) is 44.1 Å². The van der Waals surface area contributed by atoms with Gasteiger partial charge in [0.2, 0.25) is 5.88 Å². The fourth-order valence-electron chi connectivity index (χ4n) is 4.01. The van der Waals surface area contributed by atoms with Crippen molar-refractivity contribution in [3.8, 4) is 11.6 Å². The average molecular weight is 419 g/mol. The molecule has 8 heteroatoms. The number of imidazole rings is 1. The fraction of sp³-hybridized carbons (Fsp3) is 0.524. The minimum atomic E-state index is -0.331. The van der Waals surface area contributed by atoms with Gasteiger partial charge in [-0.05, 0) is 63.5 Å². The number of benzene rings is 1. The number of halogens is 1. The number of hydrogen-bond donors (Lipinski definition) is 1. The summed E-state index contributed by atoms with van der Waals surface area (Å²) in [6.45, 7) is 4.38. The van der Waals surface area contributed by atoms with Crippen molar-refractivity contribution in [2.24, 2.45) is 5.10 Å². The summed E-state index contributed by atoms with van der Waals surface area (Å²) in [6, 6.07) is 5.36. The zero-order valence-electron chi connectivity index (χ0n) is 16.5. The molecule has 1 aromatic heterocycles. The van der Waals surface area contributed by atoms with E-state index in [-0.39, 0.29) is 11.6 Å². The van der Waals surface area contributed by atoms with Crippen LogP contribution in [0.4, 0.5) is 0 Å². The van der Waals surface area contributed by atoms with Gasteiger partial charge in [0.15, 0.2) is 0 Å². The van der Waals surface area contributed by atoms with Gasteiger partial charge in [0.25, 0.3) is 0 Å². The number of hydrogen-bond acceptors (Lipinski definition) is 5. The molecular weight excluding hydrogens is 392 g/mol. The molecule has 0 unspecified atom stereocenters. The van der Waals surface area contributed by atoms with Gasteiger partial charge in [-0.15, -0.1) is 0 Å². The SMILES string of the molecule is O=c1n(/N=C2\CCOc3ccc(Cl)cc32)cc(O)n1CCCCN1CCCCC1. The highest BCUT2D eigenvalue weighted by atomic mass is 35.5. The summed E-state index contributed by atoms with van der Waals surface area (Å²) < 4.78 is 8.24. The second kappa shape index (κ2) is 9.05. The van der Waals surface area contributed by atoms with E-state index >= 15 is 0 Å². The molecule has 3 heterocycles. The quantitative estimate of drug-likeness (QED) is 0.730. The molecule has 0 bridgehead atoms. The number of fused-ring (bicyclic) bond motifs is 1. The van der Waals surface area contributed by atoms with Crippen molar-refractivity contribution < 1.29 is 9.84 Å². The zero-order valence-corrected chi connectivity index (χ0v) is 17.3. The van der Waals surface area contributed by atoms with Crippen molar-refractivity contribution in [2.45, 2.75) is 45.1 Å². The third-order valence-corrected chi connectivity index (χ3v) is 5.81. The van der Waals surface area contributed by atoms with Crippen LogP contribution in [0.25, 0.3) is 0 Å². The molecule has 29 heavy (non-hydrogen) atoms. The molecular formula is C21H27ClN4O3. The highest BCUT2D eigenvalue weighted by Crippen LogP contribution is 2.28. The molecule has 1 N–H and O–H groups in total. The van der Waals surface area contributed by atoms with Crippen molar-refractivity contribution in [1.29, 1.82) is 0 Å². The Morgan fingerprint density at radius 3 is 2.76 bits per heavy atom. The lowest BCUT2D eigenvalue weighted by molar-refractivity contribution is 0.223. The fourth-order valence-corrected chi connectivity index (χ4v) is 4.18. The predicted octanol–water partition coefficient (Wildman–Crippen LogP) is 3.31. The number of rotatable bonds is 6. The van der Waals surface area contributed by atoms with Crippen molar-refractivity contribution in [1.82, 2.24) is 14.1 Å². The van der Waals surface area contributed by atoms with E-state index in [2.05, 4.69) is 10.0 Å². The first-order chi connectivity index (χ1) is 14.1. The van der Waals surface area contributed by atoms with Crippen LogP contribution >= 0.6 is 11.6 Å². The highest BCUT2D eigenvalue weighted by Gasteiger charge is 2.19. The third-order valence-electron chi connectivity index (χ3n) is 5.57. The van der Waals surface area contributed by atoms with Gasteiger partial charge < -0.3 is 14.7 Å². The minimum Gasteiger partial charge on any atom is -0.493 e. The average Bonchev–Trinajstić information content (AvgIpc) is 2.99. The van der Waals surface area contributed by atoms with Gasteiger partial charge in [-0.25, -0.2) is 4.79 Å². The molecule has 0 saturated carbocycles. The van der Waals surface area contributed by atoms with Crippen LogP contribution in [0.2, 0.25) is 5.02 Å². The van der Waals surface area contributed by atoms with Crippen molar-refractivity contribution in [2.75, 3.05) is 26.2 Å². The van der Waals surface area contributed by atoms with E-state index in [1.165, 1.54) is 47.8 Å². The van der Waals surface area contributed by atoms with E-state index in [4.69, 9.17) is 16.3 Å². The van der Waals surface area contributed by atoms with E-state index in [9.17, 15) is 9.90 Å². The maximum atomic E-state index is 12.7. The third kappa shape index (κ3) is 4.67. The molecule has 2 aliphatic rings. The molecule has 0 amide bonds. The van der Waals surface area contributed by atoms with E-state index < -0.39 is 0 Å². The maximum absolute atomic E-state index is 12.7. The normalized spacial score (nSPS) is 18.6. The topological polar surface area (TPSA) is 72.0 Å². The van der Waals surface area contributed by atoms with Crippen LogP contribution in [0.5, 0.6) is 11.6 Å². The van der Waals surface area contributed by atoms with Gasteiger partial charge in [-0.1, -0.05) is 18.0 Å². The molecule has 1 saturated heterocycles. The zero-order chi connectivity index (χ0) is 20.2. The van der Waals surface area contributed by atoms with Crippen LogP contribution in [0, 0.1) is 0 Å². The standard InChI is InChI=1S/C21H27ClN4O3/c22-16-6-7-19-17(14-16)18(8-13-29-19)23-26-15-20(27)25(21(26)28)12-5-4-11-24-9-2-1-3-10-24/h6-7,14-15,27H,1-5,8-13H2/b23-18+. The van der Waals surface area contributed by atoms with E-state index in [0.29, 0.717) is 30.3 Å². The first-order valence-electron chi connectivity index (χ1n) is 10.4. The maximum Gasteiger partial charge on any atom is 0.351 e. The Morgan fingerprint density at radius 1 is 1.14 bits per heavy atom. The number of aromatic hydroxyl groups is 1. The van der Waals surface area contributed by atoms with Gasteiger partial charge in [0.05, 0.1) is 18.5 Å². The number of nitrogens with zero attached hydrogens (tertiary/aromatic N) is 4. The Labute approximate surface area is 175 Å². The first-order valence-corrected chi connectivity index (χ1v) is 10.7. The Morgan fingerprint density at radius 2 is 1.93 bits per heavy atom. The molecule has 0 atom stereocenters. The van der Waals surface area contributed by atoms with Crippen LogP contribution in [0.15, 0.2) is 34.3 Å². The van der Waals surface area contributed by atoms with Gasteiger partial charge in [-0.3, -0.25) is 4.57 Å². The molecule has 2 aromatic rings. The molecule has 0 aliphatic carbocycles. The summed E-state index contributed by atoms with van der Waals surface area (Å²) in [6.07, 6.45) is 7.69. The predicted molar refractivity (Wildman–Crippen MR) is 113 cm³/mol. The lowest BCUT2D eigenvalue weighted by Gasteiger charge is -2.26. The van der Waals surface area contributed by atoms with Crippen LogP contribution in [-0.4, -0.2) is 51.2 Å². The van der Waals surface area contributed by atoms with Crippen LogP contribution < -0.4 is 10.4 Å². The van der Waals surface area contributed by atoms with Crippen molar-refractivity contribution >= 4 is 17.3 Å². The van der Waals surface area contributed by atoms with E-state index in [1.807, 2.05) is 0 Å². The number of ether oxygens (including phenoxy) is 1. The summed E-state index contributed by atoms with van der Waals surface area (Å²) in [7, 11) is 0. The number of likely N-dealkylation sites (tertiary alicyclic amines) is 1. The molecule has 4 rings (SSSR count). The molecule has 1 fully saturated rings. The molecule has 1 aromatic carbocycles. The number of unbranched alkanes of at least 4 members (excludes halogenated alkanes) is 1. The second-order valence-electron chi connectivity index (χ2n) is 7.66. The summed E-state index contributed by atoms with van der Waals surface area (Å²) in [5.41, 5.74) is 1.17. The van der Waals surface area contributed by atoms with E-state index in [1.54, 1.807) is 18.2 Å². The first kappa shape index (κ1) is 20.0. The second-order valence-corrected chi connectivity index (χ2v) is 8.10.